The highest BCUT2D eigenvalue weighted by Gasteiger charge is 2.41. The standard InChI is InChI=1S/C32H42N4O2/c1-22-17-26(29-11-7-8-12-31(29)33-22)18-24-19-27-13-14-28(20-24)36(27)16-15-30(25-9-5-4-6-10-25)34-32(38)21-35(3)23(2)37/h4-12,24,26-28,30H,13-21H2,1-3H3,(H,34,38)/t24?,26?,27?,28?,30-/m0/s1. The van der Waals surface area contributed by atoms with Crippen LogP contribution < -0.4 is 5.32 Å². The average molecular weight is 515 g/mol. The van der Waals surface area contributed by atoms with E-state index in [1.54, 1.807) is 7.05 Å². The van der Waals surface area contributed by atoms with Crippen LogP contribution in [0.25, 0.3) is 0 Å². The van der Waals surface area contributed by atoms with Crippen molar-refractivity contribution in [2.75, 3.05) is 20.1 Å². The van der Waals surface area contributed by atoms with Crippen molar-refractivity contribution in [2.45, 2.75) is 82.8 Å². The SMILES string of the molecule is CC(=O)N(C)CC(=O)N[C@@H](CCN1C2CCC1CC(CC1CC(C)=Nc3ccccc31)C2)c1ccccc1. The molecule has 2 bridgehead atoms. The number of likely N-dealkylation sites (N-methyl/N-ethyl adjacent to an activating group) is 1. The second-order valence-electron chi connectivity index (χ2n) is 11.7. The molecule has 3 heterocycles. The van der Waals surface area contributed by atoms with Gasteiger partial charge in [0.15, 0.2) is 0 Å². The van der Waals surface area contributed by atoms with Gasteiger partial charge in [-0.3, -0.25) is 19.5 Å². The summed E-state index contributed by atoms with van der Waals surface area (Å²) in [7, 11) is 1.67. The number of carbonyl (C=O) groups is 2. The first-order valence-electron chi connectivity index (χ1n) is 14.3. The molecule has 6 nitrogen and oxygen atoms in total. The number of para-hydroxylation sites is 1. The molecule has 2 aromatic carbocycles. The molecule has 0 aliphatic carbocycles. The third-order valence-electron chi connectivity index (χ3n) is 8.96. The number of aliphatic imine (C=N–C) groups is 1. The number of fused-ring (bicyclic) bond motifs is 3. The van der Waals surface area contributed by atoms with E-state index in [2.05, 4.69) is 53.5 Å². The van der Waals surface area contributed by atoms with E-state index in [1.807, 2.05) is 18.2 Å². The summed E-state index contributed by atoms with van der Waals surface area (Å²) >= 11 is 0. The fourth-order valence-electron chi connectivity index (χ4n) is 7.06. The number of nitrogens with zero attached hydrogens (tertiary/aromatic N) is 3. The van der Waals surface area contributed by atoms with E-state index in [0.29, 0.717) is 18.0 Å². The van der Waals surface area contributed by atoms with Crippen molar-refractivity contribution in [3.8, 4) is 0 Å². The minimum Gasteiger partial charge on any atom is -0.348 e. The summed E-state index contributed by atoms with van der Waals surface area (Å²) in [6, 6.07) is 20.2. The van der Waals surface area contributed by atoms with Crippen molar-refractivity contribution in [1.82, 2.24) is 15.1 Å². The Hall–Kier alpha value is -2.99. The Labute approximate surface area is 227 Å². The van der Waals surface area contributed by atoms with Gasteiger partial charge >= 0.3 is 0 Å². The van der Waals surface area contributed by atoms with Gasteiger partial charge in [-0.2, -0.15) is 0 Å². The highest BCUT2D eigenvalue weighted by atomic mass is 16.2. The number of piperidine rings is 1. The Bertz CT molecular complexity index is 1150. The van der Waals surface area contributed by atoms with Gasteiger partial charge in [0, 0.05) is 38.3 Å². The fraction of sp³-hybridized carbons (Fsp3) is 0.531. The third-order valence-corrected chi connectivity index (χ3v) is 8.96. The molecule has 4 atom stereocenters. The number of benzene rings is 2. The van der Waals surface area contributed by atoms with Crippen LogP contribution in [0.5, 0.6) is 0 Å². The molecule has 0 spiro atoms. The van der Waals surface area contributed by atoms with Crippen LogP contribution in [0.3, 0.4) is 0 Å². The van der Waals surface area contributed by atoms with Crippen molar-refractivity contribution in [2.24, 2.45) is 10.9 Å². The van der Waals surface area contributed by atoms with Crippen LogP contribution in [0.15, 0.2) is 59.6 Å². The Kier molecular flexibility index (Phi) is 8.27. The molecular weight excluding hydrogens is 472 g/mol. The van der Waals surface area contributed by atoms with Gasteiger partial charge in [-0.25, -0.2) is 0 Å². The molecule has 3 aliphatic rings. The average Bonchev–Trinajstić information content (AvgIpc) is 3.14. The van der Waals surface area contributed by atoms with Crippen molar-refractivity contribution in [3.05, 3.63) is 65.7 Å². The molecular formula is C32H42N4O2. The number of hydrogen-bond donors (Lipinski definition) is 1. The van der Waals surface area contributed by atoms with E-state index in [4.69, 9.17) is 4.99 Å². The molecule has 2 amide bonds. The number of carbonyl (C=O) groups excluding carboxylic acids is 2. The van der Waals surface area contributed by atoms with E-state index >= 15 is 0 Å². The number of hydrogen-bond acceptors (Lipinski definition) is 4. The largest absolute Gasteiger partial charge is 0.348 e. The van der Waals surface area contributed by atoms with E-state index in [0.717, 1.165) is 30.9 Å². The maximum atomic E-state index is 12.7. The van der Waals surface area contributed by atoms with Crippen molar-refractivity contribution < 1.29 is 9.59 Å². The van der Waals surface area contributed by atoms with Gasteiger partial charge in [0.2, 0.25) is 11.8 Å². The van der Waals surface area contributed by atoms with Gasteiger partial charge in [0.25, 0.3) is 0 Å². The molecule has 2 aromatic rings. The molecule has 3 unspecified atom stereocenters. The maximum absolute atomic E-state index is 12.7. The number of amides is 2. The van der Waals surface area contributed by atoms with Crippen LogP contribution in [0.4, 0.5) is 5.69 Å². The molecule has 202 valence electrons. The smallest absolute Gasteiger partial charge is 0.240 e. The molecule has 38 heavy (non-hydrogen) atoms. The quantitative estimate of drug-likeness (QED) is 0.472. The summed E-state index contributed by atoms with van der Waals surface area (Å²) in [6.07, 6.45) is 8.35. The molecule has 0 radical (unpaired) electrons. The lowest BCUT2D eigenvalue weighted by Gasteiger charge is -2.41. The lowest BCUT2D eigenvalue weighted by molar-refractivity contribution is -0.133. The van der Waals surface area contributed by atoms with E-state index in [-0.39, 0.29) is 24.4 Å². The summed E-state index contributed by atoms with van der Waals surface area (Å²) in [4.78, 5) is 33.4. The van der Waals surface area contributed by atoms with Gasteiger partial charge in [-0.15, -0.1) is 0 Å². The first kappa shape index (κ1) is 26.6. The Balaban J connectivity index is 1.20. The molecule has 0 saturated carbocycles. The minimum absolute atomic E-state index is 0.0535. The molecule has 3 aliphatic heterocycles. The van der Waals surface area contributed by atoms with Gasteiger partial charge in [0.05, 0.1) is 18.3 Å². The summed E-state index contributed by atoms with van der Waals surface area (Å²) in [5.74, 6) is 1.14. The van der Waals surface area contributed by atoms with Crippen molar-refractivity contribution in [1.29, 1.82) is 0 Å². The first-order valence-corrected chi connectivity index (χ1v) is 14.3. The van der Waals surface area contributed by atoms with Gasteiger partial charge < -0.3 is 10.2 Å². The lowest BCUT2D eigenvalue weighted by atomic mass is 9.78. The number of rotatable bonds is 9. The van der Waals surface area contributed by atoms with Crippen molar-refractivity contribution >= 4 is 23.2 Å². The van der Waals surface area contributed by atoms with Crippen molar-refractivity contribution in [3.63, 3.8) is 0 Å². The Morgan fingerprint density at radius 2 is 1.74 bits per heavy atom. The molecule has 0 aromatic heterocycles. The molecule has 1 N–H and O–H groups in total. The Morgan fingerprint density at radius 1 is 1.05 bits per heavy atom. The summed E-state index contributed by atoms with van der Waals surface area (Å²) in [5.41, 5.74) is 4.99. The highest BCUT2D eigenvalue weighted by molar-refractivity contribution is 5.88. The van der Waals surface area contributed by atoms with Gasteiger partial charge in [0.1, 0.15) is 0 Å². The number of nitrogens with one attached hydrogen (secondary N) is 1. The van der Waals surface area contributed by atoms with E-state index in [9.17, 15) is 9.59 Å². The predicted molar refractivity (Wildman–Crippen MR) is 153 cm³/mol. The van der Waals surface area contributed by atoms with Crippen LogP contribution >= 0.6 is 0 Å². The third kappa shape index (κ3) is 6.17. The van der Waals surface area contributed by atoms with Gasteiger partial charge in [-0.05, 0) is 80.9 Å². The summed E-state index contributed by atoms with van der Waals surface area (Å²) in [6.45, 7) is 4.74. The zero-order valence-corrected chi connectivity index (χ0v) is 23.1. The summed E-state index contributed by atoms with van der Waals surface area (Å²) < 4.78 is 0. The lowest BCUT2D eigenvalue weighted by Crippen LogP contribution is -2.45. The van der Waals surface area contributed by atoms with Crippen LogP contribution in [0.2, 0.25) is 0 Å². The zero-order chi connectivity index (χ0) is 26.6. The van der Waals surface area contributed by atoms with E-state index in [1.165, 1.54) is 60.9 Å². The van der Waals surface area contributed by atoms with Crippen LogP contribution in [-0.4, -0.2) is 59.5 Å². The van der Waals surface area contributed by atoms with Crippen LogP contribution in [0, 0.1) is 5.92 Å². The topological polar surface area (TPSA) is 65.0 Å². The van der Waals surface area contributed by atoms with Gasteiger partial charge in [-0.1, -0.05) is 48.5 Å². The predicted octanol–water partition coefficient (Wildman–Crippen LogP) is 5.63. The normalized spacial score (nSPS) is 25.3. The fourth-order valence-corrected chi connectivity index (χ4v) is 7.06. The zero-order valence-electron chi connectivity index (χ0n) is 23.1. The second kappa shape index (κ2) is 11.8. The van der Waals surface area contributed by atoms with E-state index < -0.39 is 0 Å². The molecule has 5 rings (SSSR count). The molecule has 6 heteroatoms. The second-order valence-corrected chi connectivity index (χ2v) is 11.7. The highest BCUT2D eigenvalue weighted by Crippen LogP contribution is 2.45. The van der Waals surface area contributed by atoms with Crippen LogP contribution in [0.1, 0.15) is 81.9 Å². The molecule has 2 fully saturated rings. The maximum Gasteiger partial charge on any atom is 0.240 e. The van der Waals surface area contributed by atoms with Crippen LogP contribution in [-0.2, 0) is 9.59 Å². The Morgan fingerprint density at radius 3 is 2.45 bits per heavy atom. The first-order chi connectivity index (χ1) is 18.4. The minimum atomic E-state index is -0.107. The monoisotopic (exact) mass is 514 g/mol. The summed E-state index contributed by atoms with van der Waals surface area (Å²) in [5, 5.41) is 3.21. The molecule has 2 saturated heterocycles.